The Morgan fingerprint density at radius 2 is 1.61 bits per heavy atom. The summed E-state index contributed by atoms with van der Waals surface area (Å²) in [5, 5.41) is 5.18. The van der Waals surface area contributed by atoms with Gasteiger partial charge in [0.1, 0.15) is 0 Å². The number of aromatic nitrogens is 3. The lowest BCUT2D eigenvalue weighted by Gasteiger charge is -2.12. The highest BCUT2D eigenvalue weighted by Crippen LogP contribution is 2.20. The molecule has 5 nitrogen and oxygen atoms in total. The maximum atomic E-state index is 5.89. The molecule has 0 spiro atoms. The first-order valence-corrected chi connectivity index (χ1v) is 5.94. The predicted molar refractivity (Wildman–Crippen MR) is 75.0 cm³/mol. The third kappa shape index (κ3) is 2.41. The Morgan fingerprint density at radius 1 is 1.00 bits per heavy atom. The summed E-state index contributed by atoms with van der Waals surface area (Å²) >= 11 is 5.89. The molecule has 96 valence electrons. The van der Waals surface area contributed by atoms with Gasteiger partial charge in [-0.1, -0.05) is 11.6 Å². The fraction of sp³-hybridized carbons (Fsp3) is 0.333. The monoisotopic (exact) mass is 265 g/mol. The van der Waals surface area contributed by atoms with Crippen LogP contribution in [0, 0.1) is 0 Å². The van der Waals surface area contributed by atoms with Crippen molar-refractivity contribution in [3.63, 3.8) is 0 Å². The van der Waals surface area contributed by atoms with Gasteiger partial charge >= 0.3 is 0 Å². The summed E-state index contributed by atoms with van der Waals surface area (Å²) in [7, 11) is 7.72. The first-order valence-electron chi connectivity index (χ1n) is 5.56. The molecule has 0 saturated heterocycles. The van der Waals surface area contributed by atoms with E-state index in [1.54, 1.807) is 4.68 Å². The Labute approximate surface area is 112 Å². The Bertz CT molecular complexity index is 530. The van der Waals surface area contributed by atoms with Crippen molar-refractivity contribution in [2.24, 2.45) is 0 Å². The normalized spacial score (nSPS) is 10.5. The maximum Gasteiger partial charge on any atom is 0.246 e. The molecular weight excluding hydrogens is 250 g/mol. The van der Waals surface area contributed by atoms with Gasteiger partial charge < -0.3 is 9.80 Å². The molecule has 0 saturated carbocycles. The Kier molecular flexibility index (Phi) is 3.43. The Balaban J connectivity index is 2.51. The summed E-state index contributed by atoms with van der Waals surface area (Å²) in [5.74, 6) is 1.45. The van der Waals surface area contributed by atoms with Crippen LogP contribution in [0.25, 0.3) is 5.69 Å². The third-order valence-electron chi connectivity index (χ3n) is 2.45. The van der Waals surface area contributed by atoms with Gasteiger partial charge in [0.05, 0.1) is 5.69 Å². The SMILES string of the molecule is CN(C)c1nc(N(C)C)n(-c2ccc(Cl)cc2)n1. The van der Waals surface area contributed by atoms with Crippen molar-refractivity contribution < 1.29 is 0 Å². The third-order valence-corrected chi connectivity index (χ3v) is 2.70. The van der Waals surface area contributed by atoms with Crippen molar-refractivity contribution in [1.82, 2.24) is 14.8 Å². The first kappa shape index (κ1) is 12.7. The summed E-state index contributed by atoms with van der Waals surface area (Å²) in [6.45, 7) is 0. The predicted octanol–water partition coefficient (Wildman–Crippen LogP) is 2.05. The smallest absolute Gasteiger partial charge is 0.246 e. The number of rotatable bonds is 3. The molecule has 2 aromatic rings. The molecule has 0 aliphatic carbocycles. The minimum atomic E-state index is 0.675. The van der Waals surface area contributed by atoms with Gasteiger partial charge in [0.2, 0.25) is 11.9 Å². The summed E-state index contributed by atoms with van der Waals surface area (Å²) in [6.07, 6.45) is 0. The molecule has 0 atom stereocenters. The van der Waals surface area contributed by atoms with Crippen molar-refractivity contribution in [1.29, 1.82) is 0 Å². The fourth-order valence-corrected chi connectivity index (χ4v) is 1.65. The largest absolute Gasteiger partial charge is 0.347 e. The highest BCUT2D eigenvalue weighted by atomic mass is 35.5. The lowest BCUT2D eigenvalue weighted by atomic mass is 10.3. The molecule has 1 heterocycles. The molecule has 0 aliphatic rings. The Morgan fingerprint density at radius 3 is 2.11 bits per heavy atom. The zero-order chi connectivity index (χ0) is 13.3. The standard InChI is InChI=1S/C12H16ClN5/c1-16(2)11-14-12(17(3)4)18(15-11)10-7-5-9(13)6-8-10/h5-8H,1-4H3. The number of benzene rings is 1. The van der Waals surface area contributed by atoms with Gasteiger partial charge in [-0.2, -0.15) is 9.67 Å². The summed E-state index contributed by atoms with van der Waals surface area (Å²) < 4.78 is 1.80. The molecule has 1 aromatic carbocycles. The highest BCUT2D eigenvalue weighted by Gasteiger charge is 2.14. The van der Waals surface area contributed by atoms with E-state index in [1.165, 1.54) is 0 Å². The van der Waals surface area contributed by atoms with Crippen LogP contribution in [0.5, 0.6) is 0 Å². The van der Waals surface area contributed by atoms with Gasteiger partial charge in [-0.25, -0.2) is 0 Å². The van der Waals surface area contributed by atoms with E-state index in [2.05, 4.69) is 10.1 Å². The van der Waals surface area contributed by atoms with Crippen molar-refractivity contribution in [3.8, 4) is 5.69 Å². The quantitative estimate of drug-likeness (QED) is 0.851. The van der Waals surface area contributed by atoms with Crippen LogP contribution in [-0.4, -0.2) is 43.0 Å². The van der Waals surface area contributed by atoms with E-state index in [-0.39, 0.29) is 0 Å². The zero-order valence-electron chi connectivity index (χ0n) is 10.9. The average Bonchev–Trinajstić information content (AvgIpc) is 2.75. The number of anilines is 2. The van der Waals surface area contributed by atoms with E-state index in [0.29, 0.717) is 11.0 Å². The van der Waals surface area contributed by atoms with E-state index in [9.17, 15) is 0 Å². The van der Waals surface area contributed by atoms with E-state index >= 15 is 0 Å². The van der Waals surface area contributed by atoms with E-state index in [1.807, 2.05) is 62.3 Å². The minimum absolute atomic E-state index is 0.675. The van der Waals surface area contributed by atoms with Gasteiger partial charge in [0.15, 0.2) is 0 Å². The fourth-order valence-electron chi connectivity index (χ4n) is 1.53. The molecule has 0 N–H and O–H groups in total. The second kappa shape index (κ2) is 4.86. The molecular formula is C12H16ClN5. The van der Waals surface area contributed by atoms with Crippen LogP contribution in [0.4, 0.5) is 11.9 Å². The summed E-state index contributed by atoms with van der Waals surface area (Å²) in [6, 6.07) is 7.52. The number of nitrogens with zero attached hydrogens (tertiary/aromatic N) is 5. The van der Waals surface area contributed by atoms with Crippen molar-refractivity contribution in [2.75, 3.05) is 38.0 Å². The molecule has 0 fully saturated rings. The second-order valence-electron chi connectivity index (χ2n) is 4.39. The van der Waals surface area contributed by atoms with Crippen LogP contribution in [0.2, 0.25) is 5.02 Å². The molecule has 1 aromatic heterocycles. The second-order valence-corrected chi connectivity index (χ2v) is 4.83. The van der Waals surface area contributed by atoms with Crippen LogP contribution in [0.3, 0.4) is 0 Å². The number of hydrogen-bond donors (Lipinski definition) is 0. The van der Waals surface area contributed by atoms with E-state index < -0.39 is 0 Å². The van der Waals surface area contributed by atoms with Gasteiger partial charge in [-0.3, -0.25) is 0 Å². The van der Waals surface area contributed by atoms with Crippen LogP contribution in [0.15, 0.2) is 24.3 Å². The topological polar surface area (TPSA) is 37.2 Å². The molecule has 0 aliphatic heterocycles. The number of halogens is 1. The van der Waals surface area contributed by atoms with Gasteiger partial charge in [-0.15, -0.1) is 5.10 Å². The van der Waals surface area contributed by atoms with E-state index in [4.69, 9.17) is 11.6 Å². The van der Waals surface area contributed by atoms with E-state index in [0.717, 1.165) is 11.6 Å². The lowest BCUT2D eigenvalue weighted by molar-refractivity contribution is 0.843. The molecule has 0 radical (unpaired) electrons. The molecule has 2 rings (SSSR count). The molecule has 0 unspecified atom stereocenters. The summed E-state index contributed by atoms with van der Waals surface area (Å²) in [4.78, 5) is 8.28. The van der Waals surface area contributed by atoms with Crippen molar-refractivity contribution >= 4 is 23.5 Å². The molecule has 0 bridgehead atoms. The highest BCUT2D eigenvalue weighted by molar-refractivity contribution is 6.30. The first-order chi connectivity index (χ1) is 8.49. The van der Waals surface area contributed by atoms with Crippen LogP contribution < -0.4 is 9.80 Å². The summed E-state index contributed by atoms with van der Waals surface area (Å²) in [5.41, 5.74) is 0.934. The van der Waals surface area contributed by atoms with Gasteiger partial charge in [-0.05, 0) is 24.3 Å². The maximum absolute atomic E-state index is 5.89. The van der Waals surface area contributed by atoms with Crippen molar-refractivity contribution in [2.45, 2.75) is 0 Å². The number of hydrogen-bond acceptors (Lipinski definition) is 4. The van der Waals surface area contributed by atoms with Crippen LogP contribution in [-0.2, 0) is 0 Å². The van der Waals surface area contributed by atoms with Crippen molar-refractivity contribution in [3.05, 3.63) is 29.3 Å². The van der Waals surface area contributed by atoms with Gasteiger partial charge in [0.25, 0.3) is 0 Å². The molecule has 6 heteroatoms. The van der Waals surface area contributed by atoms with Gasteiger partial charge in [0, 0.05) is 33.2 Å². The zero-order valence-corrected chi connectivity index (χ0v) is 11.7. The molecule has 18 heavy (non-hydrogen) atoms. The molecule has 0 amide bonds. The Hall–Kier alpha value is -1.75. The average molecular weight is 266 g/mol. The van der Waals surface area contributed by atoms with Crippen LogP contribution in [0.1, 0.15) is 0 Å². The van der Waals surface area contributed by atoms with Crippen LogP contribution >= 0.6 is 11.6 Å². The lowest BCUT2D eigenvalue weighted by Crippen LogP contribution is -2.15. The minimum Gasteiger partial charge on any atom is -0.347 e.